The molecule has 1 amide bonds. The number of carbonyl (C=O) groups is 2. The first kappa shape index (κ1) is 20.4. The maximum absolute atomic E-state index is 13.1. The third-order valence-corrected chi connectivity index (χ3v) is 7.37. The van der Waals surface area contributed by atoms with E-state index in [9.17, 15) is 20.0 Å². The highest BCUT2D eigenvalue weighted by molar-refractivity contribution is 7.17. The molecule has 0 saturated heterocycles. The van der Waals surface area contributed by atoms with Crippen LogP contribution in [-0.2, 0) is 9.59 Å². The Balaban J connectivity index is 1.64. The summed E-state index contributed by atoms with van der Waals surface area (Å²) >= 11 is 1.37. The number of nitrogens with zero attached hydrogens (tertiary/aromatic N) is 1. The number of carboxylic acid groups (broad SMARTS) is 1. The lowest BCUT2D eigenvalue weighted by Gasteiger charge is -2.23. The maximum Gasteiger partial charge on any atom is 0.307 e. The molecule has 154 valence electrons. The molecule has 0 radical (unpaired) electrons. The van der Waals surface area contributed by atoms with E-state index in [1.165, 1.54) is 16.9 Å². The summed E-state index contributed by atoms with van der Waals surface area (Å²) in [5.41, 5.74) is 3.43. The molecule has 2 aliphatic rings. The number of nitrogens with one attached hydrogen (secondary N) is 1. The molecule has 2 bridgehead atoms. The van der Waals surface area contributed by atoms with E-state index in [0.29, 0.717) is 22.9 Å². The van der Waals surface area contributed by atoms with Gasteiger partial charge in [-0.3, -0.25) is 9.59 Å². The van der Waals surface area contributed by atoms with Crippen LogP contribution in [0.25, 0.3) is 11.1 Å². The lowest BCUT2D eigenvalue weighted by Crippen LogP contribution is -2.36. The second-order valence-electron chi connectivity index (χ2n) is 8.45. The van der Waals surface area contributed by atoms with Crippen molar-refractivity contribution in [2.45, 2.75) is 33.1 Å². The molecule has 30 heavy (non-hydrogen) atoms. The minimum atomic E-state index is -0.930. The number of aliphatic carboxylic acids is 1. The van der Waals surface area contributed by atoms with Crippen LogP contribution in [0.15, 0.2) is 36.4 Å². The molecule has 4 rings (SSSR count). The van der Waals surface area contributed by atoms with Crippen LogP contribution in [0.1, 0.15) is 42.2 Å². The number of aryl methyl sites for hydroxylation is 1. The van der Waals surface area contributed by atoms with Gasteiger partial charge in [0.05, 0.1) is 17.4 Å². The summed E-state index contributed by atoms with van der Waals surface area (Å²) in [7, 11) is 0. The molecule has 2 N–H and O–H groups in total. The number of thiophene rings is 1. The van der Waals surface area contributed by atoms with E-state index in [1.54, 1.807) is 0 Å². The van der Waals surface area contributed by atoms with E-state index < -0.39 is 17.8 Å². The fourth-order valence-electron chi connectivity index (χ4n) is 4.83. The molecule has 6 heteroatoms. The number of hydrogen-bond donors (Lipinski definition) is 2. The van der Waals surface area contributed by atoms with Crippen LogP contribution in [0, 0.1) is 41.9 Å². The molecule has 0 spiro atoms. The maximum atomic E-state index is 13.1. The summed E-state index contributed by atoms with van der Waals surface area (Å²) in [6.45, 7) is 6.20. The van der Waals surface area contributed by atoms with Gasteiger partial charge in [-0.1, -0.05) is 50.3 Å². The van der Waals surface area contributed by atoms with Gasteiger partial charge in [0.15, 0.2) is 0 Å². The first-order valence-electron chi connectivity index (χ1n) is 10.2. The number of carbonyl (C=O) groups excluding carboxylic acids is 1. The van der Waals surface area contributed by atoms with Crippen molar-refractivity contribution in [1.29, 1.82) is 5.26 Å². The van der Waals surface area contributed by atoms with Gasteiger partial charge in [-0.15, -0.1) is 11.3 Å². The van der Waals surface area contributed by atoms with Crippen LogP contribution in [0.4, 0.5) is 5.00 Å². The summed E-state index contributed by atoms with van der Waals surface area (Å²) in [5, 5.41) is 22.8. The average molecular weight is 421 g/mol. The van der Waals surface area contributed by atoms with E-state index in [1.807, 2.05) is 31.2 Å². The topological polar surface area (TPSA) is 90.2 Å². The Hall–Kier alpha value is -2.91. The highest BCUT2D eigenvalue weighted by atomic mass is 32.1. The lowest BCUT2D eigenvalue weighted by atomic mass is 9.82. The van der Waals surface area contributed by atoms with E-state index in [0.717, 1.165) is 16.0 Å². The fourth-order valence-corrected chi connectivity index (χ4v) is 5.86. The van der Waals surface area contributed by atoms with Gasteiger partial charge in [0, 0.05) is 10.4 Å². The number of anilines is 1. The van der Waals surface area contributed by atoms with Gasteiger partial charge in [0.1, 0.15) is 11.1 Å². The Bertz CT molecular complexity index is 1080. The molecule has 0 aliphatic heterocycles. The van der Waals surface area contributed by atoms with Gasteiger partial charge in [0.2, 0.25) is 5.91 Å². The molecule has 2 aromatic rings. The molecule has 1 aromatic heterocycles. The number of carboxylic acids is 1. The van der Waals surface area contributed by atoms with E-state index in [-0.39, 0.29) is 17.7 Å². The summed E-state index contributed by atoms with van der Waals surface area (Å²) in [4.78, 5) is 25.7. The van der Waals surface area contributed by atoms with Crippen molar-refractivity contribution >= 4 is 28.2 Å². The van der Waals surface area contributed by atoms with Crippen molar-refractivity contribution in [2.24, 2.45) is 23.7 Å². The summed E-state index contributed by atoms with van der Waals surface area (Å²) < 4.78 is 0. The predicted octanol–water partition coefficient (Wildman–Crippen LogP) is 5.18. The second kappa shape index (κ2) is 7.73. The van der Waals surface area contributed by atoms with Crippen molar-refractivity contribution in [1.82, 2.24) is 0 Å². The molecule has 0 unspecified atom stereocenters. The third kappa shape index (κ3) is 3.33. The van der Waals surface area contributed by atoms with Gasteiger partial charge in [-0.2, -0.15) is 5.26 Å². The predicted molar refractivity (Wildman–Crippen MR) is 117 cm³/mol. The number of benzene rings is 1. The minimum Gasteiger partial charge on any atom is -0.481 e. The highest BCUT2D eigenvalue weighted by Gasteiger charge is 2.51. The molecule has 4 atom stereocenters. The van der Waals surface area contributed by atoms with Crippen LogP contribution in [0.2, 0.25) is 0 Å². The van der Waals surface area contributed by atoms with Crippen molar-refractivity contribution < 1.29 is 14.7 Å². The van der Waals surface area contributed by atoms with Gasteiger partial charge in [-0.25, -0.2) is 0 Å². The smallest absolute Gasteiger partial charge is 0.307 e. The molecular formula is C24H24N2O3S. The van der Waals surface area contributed by atoms with E-state index >= 15 is 0 Å². The fraction of sp³-hybridized carbons (Fsp3) is 0.375. The van der Waals surface area contributed by atoms with Gasteiger partial charge in [-0.05, 0) is 42.2 Å². The highest BCUT2D eigenvalue weighted by Crippen LogP contribution is 2.49. The van der Waals surface area contributed by atoms with E-state index in [4.69, 9.17) is 0 Å². The van der Waals surface area contributed by atoms with Crippen LogP contribution in [-0.4, -0.2) is 17.0 Å². The van der Waals surface area contributed by atoms with Gasteiger partial charge < -0.3 is 10.4 Å². The molecule has 1 heterocycles. The molecular weight excluding hydrogens is 396 g/mol. The number of nitriles is 1. The minimum absolute atomic E-state index is 0.0502. The van der Waals surface area contributed by atoms with Crippen LogP contribution in [0.5, 0.6) is 0 Å². The molecule has 1 fully saturated rings. The van der Waals surface area contributed by atoms with Crippen LogP contribution in [0.3, 0.4) is 0 Å². The van der Waals surface area contributed by atoms with Crippen LogP contribution < -0.4 is 5.32 Å². The number of allylic oxidation sites excluding steroid dienone is 2. The Morgan fingerprint density at radius 3 is 2.37 bits per heavy atom. The largest absolute Gasteiger partial charge is 0.481 e. The molecule has 1 aromatic carbocycles. The zero-order valence-corrected chi connectivity index (χ0v) is 18.0. The lowest BCUT2D eigenvalue weighted by molar-refractivity contribution is -0.146. The van der Waals surface area contributed by atoms with Gasteiger partial charge >= 0.3 is 5.97 Å². The molecule has 1 saturated carbocycles. The SMILES string of the molecule is Cc1sc(NC(=O)[C@H]2[C@@H](C(=O)O)[C@H]3C=C[C@H]2C3)c(C#N)c1-c1ccc(C(C)C)cc1. The Morgan fingerprint density at radius 1 is 1.17 bits per heavy atom. The first-order chi connectivity index (χ1) is 14.3. The van der Waals surface area contributed by atoms with Crippen molar-refractivity contribution in [3.63, 3.8) is 0 Å². The molecule has 2 aliphatic carbocycles. The number of amides is 1. The summed E-state index contributed by atoms with van der Waals surface area (Å²) in [6.07, 6.45) is 4.58. The second-order valence-corrected chi connectivity index (χ2v) is 9.68. The van der Waals surface area contributed by atoms with Gasteiger partial charge in [0.25, 0.3) is 0 Å². The standard InChI is InChI=1S/C24H24N2O3S/c1-12(2)14-4-6-15(7-5-14)19-13(3)30-23(18(19)11-25)26-22(27)20-16-8-9-17(10-16)21(20)24(28)29/h4-9,12,16-17,20-21H,10H2,1-3H3,(H,26,27)(H,28,29)/t16-,17-,20+,21-/m0/s1. The summed E-state index contributed by atoms with van der Waals surface area (Å²) in [5.74, 6) is -2.25. The van der Waals surface area contributed by atoms with Crippen molar-refractivity contribution in [2.75, 3.05) is 5.32 Å². The van der Waals surface area contributed by atoms with E-state index in [2.05, 4.69) is 37.4 Å². The quantitative estimate of drug-likeness (QED) is 0.652. The average Bonchev–Trinajstić information content (AvgIpc) is 3.40. The normalized spacial score (nSPS) is 24.2. The van der Waals surface area contributed by atoms with Crippen molar-refractivity contribution in [3.8, 4) is 17.2 Å². The van der Waals surface area contributed by atoms with Crippen molar-refractivity contribution in [3.05, 3.63) is 52.4 Å². The summed E-state index contributed by atoms with van der Waals surface area (Å²) in [6, 6.07) is 10.4. The molecule has 5 nitrogen and oxygen atoms in total. The first-order valence-corrected chi connectivity index (χ1v) is 11.0. The third-order valence-electron chi connectivity index (χ3n) is 6.35. The zero-order valence-electron chi connectivity index (χ0n) is 17.2. The van der Waals surface area contributed by atoms with Crippen LogP contribution >= 0.6 is 11.3 Å². The number of rotatable bonds is 5. The number of fused-ring (bicyclic) bond motifs is 2. The Labute approximate surface area is 180 Å². The monoisotopic (exact) mass is 420 g/mol. The number of hydrogen-bond acceptors (Lipinski definition) is 4. The zero-order chi connectivity index (χ0) is 21.6. The Kier molecular flexibility index (Phi) is 5.25. The Morgan fingerprint density at radius 2 is 1.80 bits per heavy atom.